The maximum absolute atomic E-state index is 2.38. The Morgan fingerprint density at radius 2 is 1.11 bits per heavy atom. The summed E-state index contributed by atoms with van der Waals surface area (Å²) in [5.41, 5.74) is 0. The number of hydrogen-bond donors (Lipinski definition) is 0. The topological polar surface area (TPSA) is 0 Å². The molecule has 0 N–H and O–H groups in total. The molecule has 0 aliphatic carbocycles. The van der Waals surface area contributed by atoms with E-state index in [0.717, 1.165) is 11.8 Å². The van der Waals surface area contributed by atoms with Crippen molar-refractivity contribution >= 4 is 0 Å². The number of rotatable bonds is 13. The third-order valence-corrected chi connectivity index (χ3v) is 4.44. The zero-order valence-electron chi connectivity index (χ0n) is 13.6. The predicted molar refractivity (Wildman–Crippen MR) is 85.1 cm³/mol. The lowest BCUT2D eigenvalue weighted by molar-refractivity contribution is 0.328. The van der Waals surface area contributed by atoms with Crippen LogP contribution in [0.1, 0.15) is 105 Å². The SMILES string of the molecule is CCCCCC(CCC)CCC(CC)CCCC. The van der Waals surface area contributed by atoms with Gasteiger partial charge in [-0.1, -0.05) is 105 Å². The van der Waals surface area contributed by atoms with Gasteiger partial charge in [-0.3, -0.25) is 0 Å². The first kappa shape index (κ1) is 18.0. The molecule has 0 radical (unpaired) electrons. The smallest absolute Gasteiger partial charge is 0.0414 e. The fourth-order valence-electron chi connectivity index (χ4n) is 3.04. The van der Waals surface area contributed by atoms with Gasteiger partial charge in [0.1, 0.15) is 0 Å². The second-order valence-electron chi connectivity index (χ2n) is 6.14. The Hall–Kier alpha value is 0. The molecule has 0 aliphatic heterocycles. The molecule has 0 heterocycles. The van der Waals surface area contributed by atoms with Crippen LogP contribution < -0.4 is 0 Å². The first-order valence-corrected chi connectivity index (χ1v) is 8.78. The average Bonchev–Trinajstić information content (AvgIpc) is 2.39. The molecule has 0 saturated carbocycles. The van der Waals surface area contributed by atoms with Gasteiger partial charge < -0.3 is 0 Å². The molecule has 0 aromatic rings. The lowest BCUT2D eigenvalue weighted by Gasteiger charge is -2.20. The standard InChI is InChI=1S/C18H38/c1-5-9-11-14-18(12-7-3)16-15-17(8-4)13-10-6-2/h17-18H,5-16H2,1-4H3. The lowest BCUT2D eigenvalue weighted by atomic mass is 9.86. The summed E-state index contributed by atoms with van der Waals surface area (Å²) in [6.45, 7) is 9.36. The van der Waals surface area contributed by atoms with Gasteiger partial charge in [-0.05, 0) is 11.8 Å². The number of hydrogen-bond acceptors (Lipinski definition) is 0. The molecule has 0 aromatic heterocycles. The average molecular weight is 255 g/mol. The monoisotopic (exact) mass is 254 g/mol. The van der Waals surface area contributed by atoms with Crippen LogP contribution in [0.2, 0.25) is 0 Å². The highest BCUT2D eigenvalue weighted by Gasteiger charge is 2.11. The molecule has 0 aliphatic rings. The van der Waals surface area contributed by atoms with E-state index in [1.807, 2.05) is 0 Å². The van der Waals surface area contributed by atoms with Crippen molar-refractivity contribution in [3.8, 4) is 0 Å². The minimum Gasteiger partial charge on any atom is -0.0654 e. The Bertz CT molecular complexity index is 150. The summed E-state index contributed by atoms with van der Waals surface area (Å²) in [6.07, 6.45) is 17.3. The van der Waals surface area contributed by atoms with Crippen LogP contribution in [-0.2, 0) is 0 Å². The largest absolute Gasteiger partial charge is 0.0654 e. The van der Waals surface area contributed by atoms with Crippen molar-refractivity contribution < 1.29 is 0 Å². The van der Waals surface area contributed by atoms with E-state index in [2.05, 4.69) is 27.7 Å². The normalized spacial score (nSPS) is 14.7. The summed E-state index contributed by atoms with van der Waals surface area (Å²) in [4.78, 5) is 0. The molecule has 0 bridgehead atoms. The zero-order valence-corrected chi connectivity index (χ0v) is 13.6. The van der Waals surface area contributed by atoms with E-state index in [1.165, 1.54) is 77.0 Å². The molecule has 0 amide bonds. The van der Waals surface area contributed by atoms with E-state index in [0.29, 0.717) is 0 Å². The van der Waals surface area contributed by atoms with Gasteiger partial charge in [0, 0.05) is 0 Å². The second-order valence-corrected chi connectivity index (χ2v) is 6.14. The zero-order chi connectivity index (χ0) is 13.6. The van der Waals surface area contributed by atoms with Crippen LogP contribution in [0, 0.1) is 11.8 Å². The van der Waals surface area contributed by atoms with E-state index in [4.69, 9.17) is 0 Å². The van der Waals surface area contributed by atoms with Crippen molar-refractivity contribution in [2.75, 3.05) is 0 Å². The highest BCUT2D eigenvalue weighted by atomic mass is 14.2. The highest BCUT2D eigenvalue weighted by molar-refractivity contribution is 4.64. The first-order valence-electron chi connectivity index (χ1n) is 8.78. The van der Waals surface area contributed by atoms with Crippen LogP contribution in [0.3, 0.4) is 0 Å². The number of unbranched alkanes of at least 4 members (excludes halogenated alkanes) is 3. The Balaban J connectivity index is 3.83. The summed E-state index contributed by atoms with van der Waals surface area (Å²) in [7, 11) is 0. The van der Waals surface area contributed by atoms with E-state index in [1.54, 1.807) is 0 Å². The minimum absolute atomic E-state index is 1.01. The quantitative estimate of drug-likeness (QED) is 0.311. The van der Waals surface area contributed by atoms with Gasteiger partial charge in [0.15, 0.2) is 0 Å². The van der Waals surface area contributed by atoms with E-state index < -0.39 is 0 Å². The first-order chi connectivity index (χ1) is 8.78. The van der Waals surface area contributed by atoms with Crippen molar-refractivity contribution in [3.63, 3.8) is 0 Å². The van der Waals surface area contributed by atoms with Crippen LogP contribution in [0.5, 0.6) is 0 Å². The van der Waals surface area contributed by atoms with Crippen LogP contribution >= 0.6 is 0 Å². The fraction of sp³-hybridized carbons (Fsp3) is 1.00. The van der Waals surface area contributed by atoms with E-state index >= 15 is 0 Å². The van der Waals surface area contributed by atoms with Crippen LogP contribution in [0.15, 0.2) is 0 Å². The van der Waals surface area contributed by atoms with Gasteiger partial charge in [-0.2, -0.15) is 0 Å². The summed E-state index contributed by atoms with van der Waals surface area (Å²) < 4.78 is 0. The van der Waals surface area contributed by atoms with Gasteiger partial charge in [-0.25, -0.2) is 0 Å². The molecule has 0 fully saturated rings. The molecule has 0 saturated heterocycles. The summed E-state index contributed by atoms with van der Waals surface area (Å²) in [6, 6.07) is 0. The molecule has 0 spiro atoms. The van der Waals surface area contributed by atoms with Crippen molar-refractivity contribution in [2.45, 2.75) is 105 Å². The van der Waals surface area contributed by atoms with Crippen molar-refractivity contribution in [1.29, 1.82) is 0 Å². The van der Waals surface area contributed by atoms with Crippen molar-refractivity contribution in [1.82, 2.24) is 0 Å². The second kappa shape index (κ2) is 13.4. The van der Waals surface area contributed by atoms with Gasteiger partial charge >= 0.3 is 0 Å². The minimum atomic E-state index is 1.01. The Labute approximate surface area is 117 Å². The lowest BCUT2D eigenvalue weighted by Crippen LogP contribution is -2.06. The highest BCUT2D eigenvalue weighted by Crippen LogP contribution is 2.26. The van der Waals surface area contributed by atoms with Gasteiger partial charge in [-0.15, -0.1) is 0 Å². The van der Waals surface area contributed by atoms with E-state index in [9.17, 15) is 0 Å². The third-order valence-electron chi connectivity index (χ3n) is 4.44. The van der Waals surface area contributed by atoms with E-state index in [-0.39, 0.29) is 0 Å². The fourth-order valence-corrected chi connectivity index (χ4v) is 3.04. The van der Waals surface area contributed by atoms with Crippen LogP contribution in [0.4, 0.5) is 0 Å². The molecule has 110 valence electrons. The van der Waals surface area contributed by atoms with Gasteiger partial charge in [0.05, 0.1) is 0 Å². The van der Waals surface area contributed by atoms with Gasteiger partial charge in [0.25, 0.3) is 0 Å². The molecule has 2 unspecified atom stereocenters. The Morgan fingerprint density at radius 1 is 0.500 bits per heavy atom. The van der Waals surface area contributed by atoms with Gasteiger partial charge in [0.2, 0.25) is 0 Å². The van der Waals surface area contributed by atoms with Crippen molar-refractivity contribution in [3.05, 3.63) is 0 Å². The molecular weight excluding hydrogens is 216 g/mol. The Kier molecular flexibility index (Phi) is 13.4. The van der Waals surface area contributed by atoms with Crippen LogP contribution in [0.25, 0.3) is 0 Å². The molecule has 0 aromatic carbocycles. The molecular formula is C18H38. The predicted octanol–water partition coefficient (Wildman–Crippen LogP) is 6.98. The maximum atomic E-state index is 2.38. The Morgan fingerprint density at radius 3 is 1.67 bits per heavy atom. The summed E-state index contributed by atoms with van der Waals surface area (Å²) >= 11 is 0. The molecule has 0 heteroatoms. The molecule has 0 rings (SSSR count). The van der Waals surface area contributed by atoms with Crippen LogP contribution in [-0.4, -0.2) is 0 Å². The van der Waals surface area contributed by atoms with Crippen molar-refractivity contribution in [2.24, 2.45) is 11.8 Å². The summed E-state index contributed by atoms with van der Waals surface area (Å²) in [5, 5.41) is 0. The molecule has 2 atom stereocenters. The molecule has 18 heavy (non-hydrogen) atoms. The third kappa shape index (κ3) is 9.97. The molecule has 0 nitrogen and oxygen atoms in total. The maximum Gasteiger partial charge on any atom is -0.0414 e. The summed E-state index contributed by atoms with van der Waals surface area (Å²) in [5.74, 6) is 2.03.